The molecule has 0 amide bonds. The number of anilines is 1. The summed E-state index contributed by atoms with van der Waals surface area (Å²) in [5.41, 5.74) is 7.06. The molecule has 0 N–H and O–H groups in total. The van der Waals surface area contributed by atoms with Crippen molar-refractivity contribution in [3.63, 3.8) is 0 Å². The monoisotopic (exact) mass is 482 g/mol. The van der Waals surface area contributed by atoms with Gasteiger partial charge in [0.1, 0.15) is 0 Å². The standard InChI is InChI=1S/C28H22N2O2S2/c1-29(2)18-8-11-24-22(15-18)27(23-16-19(30(31)32)9-12-25(23)34-24)21-13-14-33-26-10-7-17-5-3-4-6-20(17)28(21)26/h3-12,15-16H,13-14H2,1-2H3/b27-21-. The quantitative estimate of drug-likeness (QED) is 0.190. The lowest BCUT2D eigenvalue weighted by atomic mass is 9.85. The zero-order valence-corrected chi connectivity index (χ0v) is 20.5. The van der Waals surface area contributed by atoms with Gasteiger partial charge in [-0.2, -0.15) is 0 Å². The fraction of sp³-hybridized carbons (Fsp3) is 0.143. The Kier molecular flexibility index (Phi) is 5.15. The van der Waals surface area contributed by atoms with Crippen LogP contribution in [0.1, 0.15) is 23.1 Å². The predicted octanol–water partition coefficient (Wildman–Crippen LogP) is 7.73. The van der Waals surface area contributed by atoms with Crippen molar-refractivity contribution in [2.45, 2.75) is 21.1 Å². The first kappa shape index (κ1) is 21.3. The van der Waals surface area contributed by atoms with Gasteiger partial charge in [0.15, 0.2) is 0 Å². The van der Waals surface area contributed by atoms with E-state index >= 15 is 0 Å². The van der Waals surface area contributed by atoms with Crippen LogP contribution in [0.25, 0.3) is 21.9 Å². The normalized spacial score (nSPS) is 16.5. The Hall–Kier alpha value is -3.22. The van der Waals surface area contributed by atoms with Crippen molar-refractivity contribution in [1.29, 1.82) is 0 Å². The van der Waals surface area contributed by atoms with E-state index in [-0.39, 0.29) is 10.6 Å². The molecule has 168 valence electrons. The molecule has 4 nitrogen and oxygen atoms in total. The Balaban J connectivity index is 1.74. The predicted molar refractivity (Wildman–Crippen MR) is 143 cm³/mol. The molecular weight excluding hydrogens is 460 g/mol. The number of hydrogen-bond donors (Lipinski definition) is 0. The zero-order valence-electron chi connectivity index (χ0n) is 18.9. The van der Waals surface area contributed by atoms with Gasteiger partial charge in [-0.1, -0.05) is 42.1 Å². The third-order valence-corrected chi connectivity index (χ3v) is 8.73. The summed E-state index contributed by atoms with van der Waals surface area (Å²) in [7, 11) is 4.09. The van der Waals surface area contributed by atoms with E-state index in [9.17, 15) is 10.1 Å². The maximum atomic E-state index is 11.7. The first-order chi connectivity index (χ1) is 16.5. The van der Waals surface area contributed by atoms with Crippen LogP contribution in [0.5, 0.6) is 0 Å². The lowest BCUT2D eigenvalue weighted by molar-refractivity contribution is -0.384. The number of allylic oxidation sites excluding steroid dienone is 1. The second-order valence-electron chi connectivity index (χ2n) is 8.73. The number of benzene rings is 4. The van der Waals surface area contributed by atoms with Crippen molar-refractivity contribution in [3.8, 4) is 0 Å². The number of rotatable bonds is 2. The molecule has 0 spiro atoms. The molecule has 6 rings (SSSR count). The molecule has 0 unspecified atom stereocenters. The van der Waals surface area contributed by atoms with Crippen molar-refractivity contribution >= 4 is 56.8 Å². The molecule has 0 bridgehead atoms. The lowest BCUT2D eigenvalue weighted by Crippen LogP contribution is -2.11. The topological polar surface area (TPSA) is 46.4 Å². The largest absolute Gasteiger partial charge is 0.378 e. The highest BCUT2D eigenvalue weighted by Gasteiger charge is 2.29. The summed E-state index contributed by atoms with van der Waals surface area (Å²) in [5, 5.41) is 14.2. The van der Waals surface area contributed by atoms with Crippen LogP contribution in [0, 0.1) is 10.1 Å². The van der Waals surface area contributed by atoms with E-state index in [0.717, 1.165) is 39.5 Å². The van der Waals surface area contributed by atoms with Crippen LogP contribution in [-0.2, 0) is 0 Å². The van der Waals surface area contributed by atoms with Gasteiger partial charge >= 0.3 is 0 Å². The van der Waals surface area contributed by atoms with Crippen molar-refractivity contribution in [3.05, 3.63) is 99.6 Å². The third kappa shape index (κ3) is 3.40. The summed E-state index contributed by atoms with van der Waals surface area (Å²) in [5.74, 6) is 0.990. The first-order valence-electron chi connectivity index (χ1n) is 11.2. The zero-order chi connectivity index (χ0) is 23.4. The van der Waals surface area contributed by atoms with Gasteiger partial charge in [-0.25, -0.2) is 0 Å². The second-order valence-corrected chi connectivity index (χ2v) is 10.9. The third-order valence-electron chi connectivity index (χ3n) is 6.52. The van der Waals surface area contributed by atoms with Crippen LogP contribution in [0.15, 0.2) is 87.5 Å². The fourth-order valence-corrected chi connectivity index (χ4v) is 7.03. The molecule has 0 saturated heterocycles. The van der Waals surface area contributed by atoms with E-state index in [1.165, 1.54) is 31.7 Å². The highest BCUT2D eigenvalue weighted by Crippen LogP contribution is 2.53. The molecule has 2 heterocycles. The Morgan fingerprint density at radius 3 is 2.41 bits per heavy atom. The minimum absolute atomic E-state index is 0.132. The van der Waals surface area contributed by atoms with Crippen molar-refractivity contribution in [2.24, 2.45) is 0 Å². The number of thioether (sulfide) groups is 1. The number of non-ortho nitro benzene ring substituents is 1. The molecule has 0 atom stereocenters. The number of nitro groups is 1. The Bertz CT molecular complexity index is 1520. The fourth-order valence-electron chi connectivity index (χ4n) is 4.91. The number of nitrogens with zero attached hydrogens (tertiary/aromatic N) is 2. The van der Waals surface area contributed by atoms with E-state index < -0.39 is 0 Å². The summed E-state index contributed by atoms with van der Waals surface area (Å²) >= 11 is 3.59. The molecular formula is C28H22N2O2S2. The Morgan fingerprint density at radius 1 is 0.882 bits per heavy atom. The van der Waals surface area contributed by atoms with Crippen LogP contribution >= 0.6 is 23.5 Å². The van der Waals surface area contributed by atoms with E-state index in [4.69, 9.17) is 0 Å². The van der Waals surface area contributed by atoms with E-state index in [1.807, 2.05) is 31.9 Å². The van der Waals surface area contributed by atoms with Crippen molar-refractivity contribution in [2.75, 3.05) is 24.7 Å². The van der Waals surface area contributed by atoms with E-state index in [0.29, 0.717) is 0 Å². The van der Waals surface area contributed by atoms with Crippen LogP contribution < -0.4 is 4.90 Å². The lowest BCUT2D eigenvalue weighted by Gasteiger charge is -2.29. The maximum absolute atomic E-state index is 11.7. The summed E-state index contributed by atoms with van der Waals surface area (Å²) in [4.78, 5) is 17.1. The summed E-state index contributed by atoms with van der Waals surface area (Å²) < 4.78 is 0. The summed E-state index contributed by atoms with van der Waals surface area (Å²) in [6.45, 7) is 0. The summed E-state index contributed by atoms with van der Waals surface area (Å²) in [6.07, 6.45) is 0.916. The Labute approximate surface area is 206 Å². The molecule has 34 heavy (non-hydrogen) atoms. The van der Waals surface area contributed by atoms with Gasteiger partial charge in [-0.15, -0.1) is 11.8 Å². The van der Waals surface area contributed by atoms with Gasteiger partial charge in [-0.3, -0.25) is 10.1 Å². The molecule has 0 radical (unpaired) electrons. The van der Waals surface area contributed by atoms with Crippen LogP contribution in [-0.4, -0.2) is 24.8 Å². The van der Waals surface area contributed by atoms with Gasteiger partial charge in [0, 0.05) is 57.9 Å². The molecule has 0 aliphatic carbocycles. The molecule has 0 aromatic heterocycles. The average molecular weight is 483 g/mol. The molecule has 0 saturated carbocycles. The molecule has 6 heteroatoms. The Morgan fingerprint density at radius 2 is 1.62 bits per heavy atom. The molecule has 0 fully saturated rings. The van der Waals surface area contributed by atoms with Gasteiger partial charge in [0.05, 0.1) is 4.92 Å². The summed E-state index contributed by atoms with van der Waals surface area (Å²) in [6, 6.07) is 24.8. The molecule has 4 aromatic rings. The first-order valence-corrected chi connectivity index (χ1v) is 13.0. The molecule has 2 aliphatic rings. The highest BCUT2D eigenvalue weighted by molar-refractivity contribution is 7.99. The van der Waals surface area contributed by atoms with Crippen LogP contribution in [0.2, 0.25) is 0 Å². The van der Waals surface area contributed by atoms with Crippen molar-refractivity contribution in [1.82, 2.24) is 0 Å². The SMILES string of the molecule is CN(C)c1ccc2c(c1)/C(=C1\CCSc3ccc4ccccc4c31)c1cc([N+](=O)[O-])ccc1S2. The van der Waals surface area contributed by atoms with Gasteiger partial charge in [0.25, 0.3) is 5.69 Å². The van der Waals surface area contributed by atoms with E-state index in [2.05, 4.69) is 59.5 Å². The smallest absolute Gasteiger partial charge is 0.270 e. The molecule has 4 aromatic carbocycles. The second kappa shape index (κ2) is 8.22. The minimum Gasteiger partial charge on any atom is -0.378 e. The maximum Gasteiger partial charge on any atom is 0.270 e. The van der Waals surface area contributed by atoms with Gasteiger partial charge < -0.3 is 4.90 Å². The van der Waals surface area contributed by atoms with E-state index in [1.54, 1.807) is 23.9 Å². The van der Waals surface area contributed by atoms with Gasteiger partial charge in [-0.05, 0) is 69.8 Å². The minimum atomic E-state index is -0.293. The number of fused-ring (bicyclic) bond motifs is 5. The van der Waals surface area contributed by atoms with Crippen molar-refractivity contribution < 1.29 is 4.92 Å². The van der Waals surface area contributed by atoms with Crippen LogP contribution in [0.3, 0.4) is 0 Å². The van der Waals surface area contributed by atoms with Gasteiger partial charge in [0.2, 0.25) is 0 Å². The number of hydrogen-bond acceptors (Lipinski definition) is 5. The van der Waals surface area contributed by atoms with Crippen LogP contribution in [0.4, 0.5) is 11.4 Å². The molecule has 2 aliphatic heterocycles. The number of nitro benzene ring substituents is 1. The average Bonchev–Trinajstić information content (AvgIpc) is 2.86. The highest BCUT2D eigenvalue weighted by atomic mass is 32.2.